The van der Waals surface area contributed by atoms with Crippen molar-refractivity contribution < 1.29 is 4.55 Å². The van der Waals surface area contributed by atoms with Gasteiger partial charge in [0.15, 0.2) is 0 Å². The Kier molecular flexibility index (Phi) is 4.47. The molecule has 0 N–H and O–H groups in total. The largest absolute Gasteiger partial charge is 0.591 e. The second-order valence-electron chi connectivity index (χ2n) is 4.59. The quantitative estimate of drug-likeness (QED) is 0.491. The second kappa shape index (κ2) is 5.25. The summed E-state index contributed by atoms with van der Waals surface area (Å²) in [7, 11) is 0. The molecule has 88 valence electrons. The fraction of sp³-hybridized carbons (Fsp3) is 0.417. The molecule has 0 heterocycles. The minimum atomic E-state index is -1.21. The highest BCUT2D eigenvalue weighted by molar-refractivity contribution is 7.91. The summed E-state index contributed by atoms with van der Waals surface area (Å²) in [6.45, 7) is 7.60. The van der Waals surface area contributed by atoms with E-state index >= 15 is 0 Å². The first-order valence-electron chi connectivity index (χ1n) is 5.07. The first kappa shape index (κ1) is 13.6. The number of rotatable bonds is 2. The van der Waals surface area contributed by atoms with Gasteiger partial charge in [0.1, 0.15) is 16.1 Å². The van der Waals surface area contributed by atoms with Gasteiger partial charge in [0.05, 0.1) is 5.71 Å². The van der Waals surface area contributed by atoms with Crippen LogP contribution in [0.1, 0.15) is 33.3 Å². The van der Waals surface area contributed by atoms with Crippen LogP contribution in [-0.2, 0) is 11.4 Å². The van der Waals surface area contributed by atoms with Gasteiger partial charge in [-0.05, 0) is 39.8 Å². The van der Waals surface area contributed by atoms with Gasteiger partial charge in [0.2, 0.25) is 0 Å². The number of thiol groups is 1. The molecule has 0 amide bonds. The third-order valence-corrected chi connectivity index (χ3v) is 3.77. The summed E-state index contributed by atoms with van der Waals surface area (Å²) in [6.07, 6.45) is 0. The van der Waals surface area contributed by atoms with Crippen LogP contribution >= 0.6 is 12.6 Å². The predicted octanol–water partition coefficient (Wildman–Crippen LogP) is 3.25. The monoisotopic (exact) mass is 255 g/mol. The van der Waals surface area contributed by atoms with Crippen LogP contribution in [0.5, 0.6) is 0 Å². The van der Waals surface area contributed by atoms with E-state index in [9.17, 15) is 4.55 Å². The second-order valence-corrected chi connectivity index (χ2v) is 7.01. The van der Waals surface area contributed by atoms with Gasteiger partial charge in [-0.2, -0.15) is 0 Å². The van der Waals surface area contributed by atoms with E-state index in [4.69, 9.17) is 0 Å². The zero-order valence-corrected chi connectivity index (χ0v) is 11.7. The molecule has 0 unspecified atom stereocenters. The smallest absolute Gasteiger partial charge is 0.144 e. The van der Waals surface area contributed by atoms with Gasteiger partial charge in [-0.25, -0.2) is 0 Å². The molecule has 16 heavy (non-hydrogen) atoms. The minimum Gasteiger partial charge on any atom is -0.591 e. The molecular weight excluding hydrogens is 238 g/mol. The van der Waals surface area contributed by atoms with Crippen LogP contribution in [0.25, 0.3) is 0 Å². The zero-order valence-electron chi connectivity index (χ0n) is 10.0. The van der Waals surface area contributed by atoms with Crippen LogP contribution in [0.4, 0.5) is 0 Å². The Hall–Kier alpha value is -0.450. The van der Waals surface area contributed by atoms with Gasteiger partial charge in [-0.1, -0.05) is 16.5 Å². The highest BCUT2D eigenvalue weighted by Gasteiger charge is 2.26. The van der Waals surface area contributed by atoms with Gasteiger partial charge in [-0.3, -0.25) is 0 Å². The molecule has 0 spiro atoms. The van der Waals surface area contributed by atoms with Crippen LogP contribution in [0.15, 0.2) is 33.6 Å². The molecule has 0 bridgehead atoms. The Labute approximate surface area is 106 Å². The van der Waals surface area contributed by atoms with E-state index in [0.29, 0.717) is 0 Å². The topological polar surface area (TPSA) is 35.4 Å². The molecule has 1 rings (SSSR count). The lowest BCUT2D eigenvalue weighted by molar-refractivity contribution is 0.561. The van der Waals surface area contributed by atoms with Gasteiger partial charge in [0, 0.05) is 10.5 Å². The molecule has 0 aliphatic heterocycles. The van der Waals surface area contributed by atoms with Crippen LogP contribution < -0.4 is 0 Å². The van der Waals surface area contributed by atoms with Crippen LogP contribution in [0, 0.1) is 0 Å². The SMILES string of the molecule is C/C(=N/[S@+]([O-])C(C)(C)C)c1cccc(S)c1. The summed E-state index contributed by atoms with van der Waals surface area (Å²) < 4.78 is 15.7. The molecule has 1 atom stereocenters. The van der Waals surface area contributed by atoms with E-state index in [1.165, 1.54) is 0 Å². The summed E-state index contributed by atoms with van der Waals surface area (Å²) in [4.78, 5) is 0.883. The first-order valence-corrected chi connectivity index (χ1v) is 6.63. The molecule has 1 aromatic rings. The summed E-state index contributed by atoms with van der Waals surface area (Å²) in [6, 6.07) is 7.68. The fourth-order valence-corrected chi connectivity index (χ4v) is 1.90. The molecule has 0 saturated carbocycles. The molecule has 0 aliphatic rings. The molecule has 0 fully saturated rings. The number of nitrogens with zero attached hydrogens (tertiary/aromatic N) is 1. The van der Waals surface area contributed by atoms with Gasteiger partial charge < -0.3 is 4.55 Å². The maximum absolute atomic E-state index is 11.8. The van der Waals surface area contributed by atoms with E-state index < -0.39 is 11.4 Å². The van der Waals surface area contributed by atoms with Gasteiger partial charge >= 0.3 is 0 Å². The van der Waals surface area contributed by atoms with Gasteiger partial charge in [-0.15, -0.1) is 12.6 Å². The summed E-state index contributed by atoms with van der Waals surface area (Å²) in [5.74, 6) is 0. The Morgan fingerprint density at radius 2 is 2.00 bits per heavy atom. The van der Waals surface area contributed by atoms with Gasteiger partial charge in [0.25, 0.3) is 0 Å². The normalized spacial score (nSPS) is 15.0. The van der Waals surface area contributed by atoms with Crippen molar-refractivity contribution in [2.75, 3.05) is 0 Å². The highest BCUT2D eigenvalue weighted by Crippen LogP contribution is 2.19. The van der Waals surface area contributed by atoms with Crippen molar-refractivity contribution in [1.82, 2.24) is 0 Å². The standard InChI is InChI=1S/C12H17NOS2/c1-9(13-16(14)12(2,3)4)10-6-5-7-11(15)8-10/h5-8,15H,1-4H3/b13-9-/t16-/m1/s1. The minimum absolute atomic E-state index is 0.320. The van der Waals surface area contributed by atoms with Crippen molar-refractivity contribution in [3.05, 3.63) is 29.8 Å². The highest BCUT2D eigenvalue weighted by atomic mass is 32.2. The Balaban J connectivity index is 2.94. The molecule has 4 heteroatoms. The Morgan fingerprint density at radius 3 is 2.50 bits per heavy atom. The lowest BCUT2D eigenvalue weighted by Gasteiger charge is -2.18. The van der Waals surface area contributed by atoms with Crippen molar-refractivity contribution in [1.29, 1.82) is 0 Å². The van der Waals surface area contributed by atoms with E-state index in [-0.39, 0.29) is 4.75 Å². The lowest BCUT2D eigenvalue weighted by Crippen LogP contribution is -2.26. The predicted molar refractivity (Wildman–Crippen MR) is 73.8 cm³/mol. The number of benzene rings is 1. The molecule has 0 aliphatic carbocycles. The van der Waals surface area contributed by atoms with Crippen LogP contribution in [0.3, 0.4) is 0 Å². The third-order valence-electron chi connectivity index (χ3n) is 2.01. The van der Waals surface area contributed by atoms with E-state index in [1.807, 2.05) is 52.0 Å². The maximum Gasteiger partial charge on any atom is 0.144 e. The molecule has 2 nitrogen and oxygen atoms in total. The maximum atomic E-state index is 11.8. The van der Waals surface area contributed by atoms with Crippen molar-refractivity contribution in [2.24, 2.45) is 4.40 Å². The third kappa shape index (κ3) is 3.85. The summed E-state index contributed by atoms with van der Waals surface area (Å²) in [5, 5.41) is 0. The first-order chi connectivity index (χ1) is 7.30. The van der Waals surface area contributed by atoms with E-state index in [0.717, 1.165) is 16.2 Å². The molecule has 1 aromatic carbocycles. The molecular formula is C12H17NOS2. The van der Waals surface area contributed by atoms with Crippen molar-refractivity contribution in [2.45, 2.75) is 37.3 Å². The van der Waals surface area contributed by atoms with Crippen molar-refractivity contribution in [3.8, 4) is 0 Å². The van der Waals surface area contributed by atoms with E-state index in [1.54, 1.807) is 0 Å². The average Bonchev–Trinajstić information content (AvgIpc) is 2.16. The van der Waals surface area contributed by atoms with Crippen molar-refractivity contribution in [3.63, 3.8) is 0 Å². The van der Waals surface area contributed by atoms with Crippen molar-refractivity contribution >= 4 is 29.7 Å². The Bertz CT molecular complexity index is 396. The molecule has 0 aromatic heterocycles. The van der Waals surface area contributed by atoms with Crippen LogP contribution in [-0.4, -0.2) is 15.0 Å². The average molecular weight is 255 g/mol. The summed E-state index contributed by atoms with van der Waals surface area (Å²) in [5.41, 5.74) is 1.74. The van der Waals surface area contributed by atoms with E-state index in [2.05, 4.69) is 17.0 Å². The molecule has 0 radical (unpaired) electrons. The van der Waals surface area contributed by atoms with Crippen LogP contribution in [0.2, 0.25) is 0 Å². The molecule has 0 saturated heterocycles. The fourth-order valence-electron chi connectivity index (χ4n) is 1.04. The zero-order chi connectivity index (χ0) is 12.3. The Morgan fingerprint density at radius 1 is 1.38 bits per heavy atom. The lowest BCUT2D eigenvalue weighted by atomic mass is 10.1. The number of hydrogen-bond donors (Lipinski definition) is 1. The number of hydrogen-bond acceptors (Lipinski definition) is 3. The summed E-state index contributed by atoms with van der Waals surface area (Å²) >= 11 is 3.05.